The quantitative estimate of drug-likeness (QED) is 0.802. The SMILES string of the molecule is COc1ccc(NC(=O)[C@@H]2[C@H]3C=C[C@H]([C@H]4C[C@H]34)[C@@H]2C(=O)O)cc1OC. The van der Waals surface area contributed by atoms with Crippen molar-refractivity contribution in [1.29, 1.82) is 0 Å². The third-order valence-corrected chi connectivity index (χ3v) is 5.89. The lowest BCUT2D eigenvalue weighted by atomic mass is 9.62. The summed E-state index contributed by atoms with van der Waals surface area (Å²) in [6, 6.07) is 5.13. The maximum atomic E-state index is 12.9. The molecule has 1 amide bonds. The maximum absolute atomic E-state index is 12.9. The first kappa shape index (κ1) is 16.0. The van der Waals surface area contributed by atoms with Crippen molar-refractivity contribution in [3.05, 3.63) is 30.4 Å². The number of methoxy groups -OCH3 is 2. The topological polar surface area (TPSA) is 84.9 Å². The zero-order valence-corrected chi connectivity index (χ0v) is 14.1. The molecule has 2 N–H and O–H groups in total. The van der Waals surface area contributed by atoms with Crippen LogP contribution in [-0.4, -0.2) is 31.2 Å². The highest BCUT2D eigenvalue weighted by Crippen LogP contribution is 2.63. The third-order valence-electron chi connectivity index (χ3n) is 5.89. The summed E-state index contributed by atoms with van der Waals surface area (Å²) < 4.78 is 10.5. The molecule has 25 heavy (non-hydrogen) atoms. The number of nitrogens with one attached hydrogen (secondary N) is 1. The molecule has 2 fully saturated rings. The van der Waals surface area contributed by atoms with Gasteiger partial charge in [0.25, 0.3) is 0 Å². The summed E-state index contributed by atoms with van der Waals surface area (Å²) in [4.78, 5) is 24.7. The first-order chi connectivity index (χ1) is 12.0. The first-order valence-electron chi connectivity index (χ1n) is 8.49. The highest BCUT2D eigenvalue weighted by atomic mass is 16.5. The van der Waals surface area contributed by atoms with E-state index in [2.05, 4.69) is 11.4 Å². The number of carbonyl (C=O) groups is 2. The molecule has 1 aromatic rings. The molecule has 0 aromatic heterocycles. The standard InChI is InChI=1S/C19H21NO5/c1-24-14-6-3-9(7-15(14)25-2)20-18(21)16-10-4-5-11(13-8-12(10)13)17(16)19(22)23/h3-7,10-13,16-17H,8H2,1-2H3,(H,20,21)(H,22,23)/t10-,11+,12+,13+,16+,17-/m0/s1. The van der Waals surface area contributed by atoms with Crippen LogP contribution in [0.2, 0.25) is 0 Å². The Morgan fingerprint density at radius 1 is 1.04 bits per heavy atom. The molecule has 6 nitrogen and oxygen atoms in total. The Labute approximate surface area is 145 Å². The Hall–Kier alpha value is -2.50. The van der Waals surface area contributed by atoms with Gasteiger partial charge in [0, 0.05) is 11.8 Å². The van der Waals surface area contributed by atoms with E-state index in [1.165, 1.54) is 7.11 Å². The number of hydrogen-bond donors (Lipinski definition) is 2. The van der Waals surface area contributed by atoms with Gasteiger partial charge in [0.05, 0.1) is 26.1 Å². The average molecular weight is 343 g/mol. The molecule has 132 valence electrons. The van der Waals surface area contributed by atoms with Crippen molar-refractivity contribution in [3.8, 4) is 11.5 Å². The van der Waals surface area contributed by atoms with Crippen LogP contribution in [0.25, 0.3) is 0 Å². The maximum Gasteiger partial charge on any atom is 0.307 e. The predicted octanol–water partition coefficient (Wildman–Crippen LogP) is 2.41. The summed E-state index contributed by atoms with van der Waals surface area (Å²) in [5.74, 6) is -0.269. The van der Waals surface area contributed by atoms with Gasteiger partial charge in [-0.3, -0.25) is 9.59 Å². The summed E-state index contributed by atoms with van der Waals surface area (Å²) in [6.07, 6.45) is 5.10. The lowest BCUT2D eigenvalue weighted by Gasteiger charge is -2.41. The molecule has 2 saturated carbocycles. The Morgan fingerprint density at radius 3 is 2.28 bits per heavy atom. The fourth-order valence-corrected chi connectivity index (χ4v) is 4.71. The molecular weight excluding hydrogens is 322 g/mol. The molecule has 0 unspecified atom stereocenters. The number of benzene rings is 1. The molecule has 4 aliphatic rings. The Kier molecular flexibility index (Phi) is 3.71. The van der Waals surface area contributed by atoms with Crippen molar-refractivity contribution in [2.75, 3.05) is 19.5 Å². The molecule has 2 bridgehead atoms. The van der Waals surface area contributed by atoms with Crippen LogP contribution in [0.3, 0.4) is 0 Å². The summed E-state index contributed by atoms with van der Waals surface area (Å²) >= 11 is 0. The van der Waals surface area contributed by atoms with Crippen LogP contribution < -0.4 is 14.8 Å². The van der Waals surface area contributed by atoms with Crippen molar-refractivity contribution >= 4 is 17.6 Å². The van der Waals surface area contributed by atoms with Crippen LogP contribution in [0.1, 0.15) is 6.42 Å². The number of carboxylic acid groups (broad SMARTS) is 1. The van der Waals surface area contributed by atoms with Gasteiger partial charge < -0.3 is 19.9 Å². The van der Waals surface area contributed by atoms with Crippen molar-refractivity contribution in [1.82, 2.24) is 0 Å². The fraction of sp³-hybridized carbons (Fsp3) is 0.474. The van der Waals surface area contributed by atoms with Crippen LogP contribution >= 0.6 is 0 Å². The number of aliphatic carboxylic acids is 1. The van der Waals surface area contributed by atoms with Crippen LogP contribution in [0.4, 0.5) is 5.69 Å². The van der Waals surface area contributed by atoms with E-state index in [4.69, 9.17) is 9.47 Å². The lowest BCUT2D eigenvalue weighted by molar-refractivity contribution is -0.152. The van der Waals surface area contributed by atoms with E-state index in [9.17, 15) is 14.7 Å². The molecular formula is C19H21NO5. The van der Waals surface area contributed by atoms with Gasteiger partial charge in [0.1, 0.15) is 0 Å². The zero-order valence-electron chi connectivity index (χ0n) is 14.1. The molecule has 0 aliphatic heterocycles. The average Bonchev–Trinajstić information content (AvgIpc) is 3.43. The van der Waals surface area contributed by atoms with E-state index >= 15 is 0 Å². The van der Waals surface area contributed by atoms with Crippen LogP contribution in [-0.2, 0) is 9.59 Å². The Balaban J connectivity index is 1.58. The normalized spacial score (nSPS) is 34.2. The monoisotopic (exact) mass is 343 g/mol. The summed E-state index contributed by atoms with van der Waals surface area (Å²) in [5.41, 5.74) is 0.574. The van der Waals surface area contributed by atoms with Crippen LogP contribution in [0.15, 0.2) is 30.4 Å². The number of ether oxygens (including phenoxy) is 2. The van der Waals surface area contributed by atoms with E-state index in [-0.39, 0.29) is 17.7 Å². The van der Waals surface area contributed by atoms with Crippen LogP contribution in [0, 0.1) is 35.5 Å². The lowest BCUT2D eigenvalue weighted by Crippen LogP contribution is -2.48. The smallest absolute Gasteiger partial charge is 0.307 e. The van der Waals surface area contributed by atoms with Gasteiger partial charge in [-0.15, -0.1) is 0 Å². The zero-order chi connectivity index (χ0) is 17.7. The van der Waals surface area contributed by atoms with Crippen molar-refractivity contribution in [2.24, 2.45) is 35.5 Å². The number of allylic oxidation sites excluding steroid dienone is 2. The van der Waals surface area contributed by atoms with Crippen molar-refractivity contribution in [3.63, 3.8) is 0 Å². The molecule has 0 spiro atoms. The molecule has 0 saturated heterocycles. The first-order valence-corrected chi connectivity index (χ1v) is 8.49. The molecule has 0 heterocycles. The third kappa shape index (κ3) is 2.47. The van der Waals surface area contributed by atoms with E-state index < -0.39 is 17.8 Å². The second-order valence-corrected chi connectivity index (χ2v) is 7.05. The van der Waals surface area contributed by atoms with Crippen molar-refractivity contribution < 1.29 is 24.2 Å². The molecule has 5 rings (SSSR count). The minimum absolute atomic E-state index is 0.0198. The highest BCUT2D eigenvalue weighted by Gasteiger charge is 2.62. The number of anilines is 1. The van der Waals surface area contributed by atoms with E-state index in [1.54, 1.807) is 25.3 Å². The minimum atomic E-state index is -0.878. The highest BCUT2D eigenvalue weighted by molar-refractivity contribution is 5.96. The van der Waals surface area contributed by atoms with E-state index in [1.807, 2.05) is 6.08 Å². The number of carbonyl (C=O) groups excluding carboxylic acids is 1. The number of hydrogen-bond acceptors (Lipinski definition) is 4. The number of fused-ring (bicyclic) bond motifs is 1. The van der Waals surface area contributed by atoms with Gasteiger partial charge in [-0.1, -0.05) is 12.2 Å². The van der Waals surface area contributed by atoms with Gasteiger partial charge in [-0.25, -0.2) is 0 Å². The largest absolute Gasteiger partial charge is 0.493 e. The molecule has 6 atom stereocenters. The van der Waals surface area contributed by atoms with Gasteiger partial charge in [0.2, 0.25) is 5.91 Å². The Morgan fingerprint density at radius 2 is 1.68 bits per heavy atom. The summed E-state index contributed by atoms with van der Waals surface area (Å²) in [7, 11) is 3.08. The fourth-order valence-electron chi connectivity index (χ4n) is 4.71. The van der Waals surface area contributed by atoms with Gasteiger partial charge >= 0.3 is 5.97 Å². The van der Waals surface area contributed by atoms with Crippen molar-refractivity contribution in [2.45, 2.75) is 6.42 Å². The van der Waals surface area contributed by atoms with Gasteiger partial charge in [-0.05, 0) is 42.2 Å². The molecule has 6 heteroatoms. The predicted molar refractivity (Wildman–Crippen MR) is 90.5 cm³/mol. The van der Waals surface area contributed by atoms with E-state index in [0.717, 1.165) is 6.42 Å². The molecule has 0 radical (unpaired) electrons. The Bertz CT molecular complexity index is 758. The molecule has 1 aromatic carbocycles. The number of rotatable bonds is 5. The second-order valence-electron chi connectivity index (χ2n) is 7.05. The molecule has 4 aliphatic carbocycles. The van der Waals surface area contributed by atoms with Gasteiger partial charge in [0.15, 0.2) is 11.5 Å². The minimum Gasteiger partial charge on any atom is -0.493 e. The summed E-state index contributed by atoms with van der Waals surface area (Å²) in [5, 5.41) is 12.6. The second kappa shape index (κ2) is 5.79. The number of carboxylic acids is 1. The van der Waals surface area contributed by atoms with Crippen LogP contribution in [0.5, 0.6) is 11.5 Å². The number of amides is 1. The van der Waals surface area contributed by atoms with E-state index in [0.29, 0.717) is 29.0 Å². The summed E-state index contributed by atoms with van der Waals surface area (Å²) in [6.45, 7) is 0. The van der Waals surface area contributed by atoms with Gasteiger partial charge in [-0.2, -0.15) is 0 Å².